The predicted molar refractivity (Wildman–Crippen MR) is 85.4 cm³/mol. The van der Waals surface area contributed by atoms with Crippen molar-refractivity contribution in [2.75, 3.05) is 13.1 Å². The number of benzene rings is 1. The molecule has 0 unspecified atom stereocenters. The van der Waals surface area contributed by atoms with Gasteiger partial charge in [-0.2, -0.15) is 13.2 Å². The normalized spacial score (nSPS) is 16.6. The zero-order valence-electron chi connectivity index (χ0n) is 13.3. The molecule has 10 heteroatoms. The van der Waals surface area contributed by atoms with E-state index in [9.17, 15) is 22.8 Å². The highest BCUT2D eigenvalue weighted by Gasteiger charge is 2.43. The molecule has 1 N–H and O–H groups in total. The first-order chi connectivity index (χ1) is 12.2. The number of furan rings is 1. The van der Waals surface area contributed by atoms with Crippen molar-refractivity contribution in [2.24, 2.45) is 0 Å². The fourth-order valence-electron chi connectivity index (χ4n) is 2.64. The average molecular weight is 391 g/mol. The largest absolute Gasteiger partial charge is 0.492 e. The van der Waals surface area contributed by atoms with Crippen LogP contribution in [0, 0.1) is 0 Å². The molecular formula is C16H14ClF3N2O4. The lowest BCUT2D eigenvalue weighted by molar-refractivity contribution is -0.241. The minimum Gasteiger partial charge on any atom is -0.451 e. The minimum atomic E-state index is -5.03. The summed E-state index contributed by atoms with van der Waals surface area (Å²) in [6, 6.07) is 6.27. The van der Waals surface area contributed by atoms with Crippen LogP contribution in [0.5, 0.6) is 0 Å². The van der Waals surface area contributed by atoms with Gasteiger partial charge in [-0.25, -0.2) is 4.79 Å². The molecule has 1 aromatic carbocycles. The van der Waals surface area contributed by atoms with Crippen LogP contribution >= 0.6 is 11.6 Å². The third-order valence-corrected chi connectivity index (χ3v) is 4.17. The van der Waals surface area contributed by atoms with Gasteiger partial charge in [-0.15, -0.1) is 5.06 Å². The van der Waals surface area contributed by atoms with E-state index in [1.807, 2.05) is 0 Å². The summed E-state index contributed by atoms with van der Waals surface area (Å²) in [7, 11) is 0. The van der Waals surface area contributed by atoms with Gasteiger partial charge in [-0.05, 0) is 37.1 Å². The van der Waals surface area contributed by atoms with Crippen LogP contribution < -0.4 is 5.32 Å². The second-order valence-corrected chi connectivity index (χ2v) is 6.28. The fraction of sp³-hybridized carbons (Fsp3) is 0.375. The molecule has 1 amide bonds. The highest BCUT2D eigenvalue weighted by molar-refractivity contribution is 6.31. The SMILES string of the molecule is O=C(NC1CCN(OC(=O)C(F)(F)F)CC1)c1cc2cc(Cl)ccc2o1. The molecule has 1 fully saturated rings. The summed E-state index contributed by atoms with van der Waals surface area (Å²) in [5.74, 6) is -2.56. The van der Waals surface area contributed by atoms with E-state index < -0.39 is 18.1 Å². The summed E-state index contributed by atoms with van der Waals surface area (Å²) in [5.41, 5.74) is 0.522. The number of halogens is 4. The Balaban J connectivity index is 1.53. The van der Waals surface area contributed by atoms with E-state index in [1.165, 1.54) is 0 Å². The molecular weight excluding hydrogens is 377 g/mol. The predicted octanol–water partition coefficient (Wildman–Crippen LogP) is 3.30. The summed E-state index contributed by atoms with van der Waals surface area (Å²) in [6.07, 6.45) is -4.36. The monoisotopic (exact) mass is 390 g/mol. The van der Waals surface area contributed by atoms with Crippen LogP contribution in [-0.4, -0.2) is 42.2 Å². The fourth-order valence-corrected chi connectivity index (χ4v) is 2.82. The number of carbonyl (C=O) groups excluding carboxylic acids is 2. The van der Waals surface area contributed by atoms with Crippen molar-refractivity contribution in [3.63, 3.8) is 0 Å². The van der Waals surface area contributed by atoms with Gasteiger partial charge in [0.1, 0.15) is 5.58 Å². The number of hydrogen-bond acceptors (Lipinski definition) is 5. The average Bonchev–Trinajstić information content (AvgIpc) is 2.99. The van der Waals surface area contributed by atoms with Crippen LogP contribution in [0.25, 0.3) is 11.0 Å². The molecule has 2 aromatic rings. The van der Waals surface area contributed by atoms with Crippen LogP contribution in [0.4, 0.5) is 13.2 Å². The second kappa shape index (κ2) is 7.16. The third-order valence-electron chi connectivity index (χ3n) is 3.93. The lowest BCUT2D eigenvalue weighted by Gasteiger charge is -2.30. The number of rotatable bonds is 3. The zero-order valence-corrected chi connectivity index (χ0v) is 14.1. The van der Waals surface area contributed by atoms with Gasteiger partial charge in [0.15, 0.2) is 5.76 Å². The molecule has 0 bridgehead atoms. The van der Waals surface area contributed by atoms with Crippen molar-refractivity contribution in [3.05, 3.63) is 35.0 Å². The molecule has 2 heterocycles. The van der Waals surface area contributed by atoms with Crippen LogP contribution in [0.1, 0.15) is 23.4 Å². The lowest BCUT2D eigenvalue weighted by Crippen LogP contribution is -2.46. The number of alkyl halides is 3. The molecule has 0 aliphatic carbocycles. The third kappa shape index (κ3) is 4.28. The van der Waals surface area contributed by atoms with Gasteiger partial charge in [0, 0.05) is 29.5 Å². The number of fused-ring (bicyclic) bond motifs is 1. The molecule has 1 saturated heterocycles. The van der Waals surface area contributed by atoms with E-state index >= 15 is 0 Å². The molecule has 0 atom stereocenters. The first kappa shape index (κ1) is 18.5. The van der Waals surface area contributed by atoms with Crippen molar-refractivity contribution in [1.82, 2.24) is 10.4 Å². The maximum atomic E-state index is 12.3. The van der Waals surface area contributed by atoms with Crippen LogP contribution in [0.2, 0.25) is 5.02 Å². The minimum absolute atomic E-state index is 0.0858. The van der Waals surface area contributed by atoms with E-state index in [0.717, 1.165) is 5.06 Å². The Kier molecular flexibility index (Phi) is 5.10. The van der Waals surface area contributed by atoms with Crippen molar-refractivity contribution in [1.29, 1.82) is 0 Å². The van der Waals surface area contributed by atoms with Crippen LogP contribution in [0.3, 0.4) is 0 Å². The molecule has 0 radical (unpaired) electrons. The van der Waals surface area contributed by atoms with Gasteiger partial charge >= 0.3 is 12.1 Å². The number of piperidine rings is 1. The van der Waals surface area contributed by atoms with Gasteiger partial charge in [0.05, 0.1) is 0 Å². The van der Waals surface area contributed by atoms with Gasteiger partial charge in [0.2, 0.25) is 0 Å². The number of carbonyl (C=O) groups is 2. The van der Waals surface area contributed by atoms with Crippen molar-refractivity contribution in [2.45, 2.75) is 25.1 Å². The Morgan fingerprint density at radius 1 is 1.23 bits per heavy atom. The Bertz CT molecular complexity index is 828. The maximum absolute atomic E-state index is 12.3. The quantitative estimate of drug-likeness (QED) is 0.870. The summed E-state index contributed by atoms with van der Waals surface area (Å²) >= 11 is 5.89. The molecule has 1 aromatic heterocycles. The number of nitrogens with one attached hydrogen (secondary N) is 1. The van der Waals surface area contributed by atoms with E-state index in [-0.39, 0.29) is 24.9 Å². The number of hydrogen-bond donors (Lipinski definition) is 1. The summed E-state index contributed by atoms with van der Waals surface area (Å²) in [4.78, 5) is 27.3. The van der Waals surface area contributed by atoms with E-state index in [4.69, 9.17) is 16.0 Å². The highest BCUT2D eigenvalue weighted by Crippen LogP contribution is 2.24. The van der Waals surface area contributed by atoms with E-state index in [1.54, 1.807) is 24.3 Å². The van der Waals surface area contributed by atoms with Crippen molar-refractivity contribution >= 4 is 34.4 Å². The van der Waals surface area contributed by atoms with Crippen molar-refractivity contribution in [3.8, 4) is 0 Å². The Hall–Kier alpha value is -2.26. The molecule has 140 valence electrons. The second-order valence-electron chi connectivity index (χ2n) is 5.85. The Labute approximate surface area is 150 Å². The lowest BCUT2D eigenvalue weighted by atomic mass is 10.1. The molecule has 1 aliphatic rings. The van der Waals surface area contributed by atoms with Crippen LogP contribution in [-0.2, 0) is 9.63 Å². The summed E-state index contributed by atoms with van der Waals surface area (Å²) in [5, 5.41) is 4.92. The Morgan fingerprint density at radius 2 is 1.92 bits per heavy atom. The summed E-state index contributed by atoms with van der Waals surface area (Å²) in [6.45, 7) is 0.172. The van der Waals surface area contributed by atoms with Gasteiger partial charge in [-0.3, -0.25) is 4.79 Å². The molecule has 1 aliphatic heterocycles. The van der Waals surface area contributed by atoms with Crippen molar-refractivity contribution < 1.29 is 32.0 Å². The molecule has 0 saturated carbocycles. The smallest absolute Gasteiger partial charge is 0.451 e. The topological polar surface area (TPSA) is 71.8 Å². The maximum Gasteiger partial charge on any atom is 0.492 e. The van der Waals surface area contributed by atoms with Crippen LogP contribution in [0.15, 0.2) is 28.7 Å². The molecule has 0 spiro atoms. The number of nitrogens with zero attached hydrogens (tertiary/aromatic N) is 1. The standard InChI is InChI=1S/C16H14ClF3N2O4/c17-10-1-2-12-9(7-10)8-13(25-12)14(23)21-11-3-5-22(6-4-11)26-15(24)16(18,19)20/h1-2,7-8,11H,3-6H2,(H,21,23). The zero-order chi connectivity index (χ0) is 18.9. The number of amides is 1. The van der Waals surface area contributed by atoms with E-state index in [0.29, 0.717) is 28.8 Å². The van der Waals surface area contributed by atoms with Gasteiger partial charge < -0.3 is 14.6 Å². The summed E-state index contributed by atoms with van der Waals surface area (Å²) < 4.78 is 42.0. The van der Waals surface area contributed by atoms with Gasteiger partial charge in [0.25, 0.3) is 5.91 Å². The number of hydroxylamine groups is 2. The highest BCUT2D eigenvalue weighted by atomic mass is 35.5. The molecule has 26 heavy (non-hydrogen) atoms. The first-order valence-electron chi connectivity index (χ1n) is 7.76. The Morgan fingerprint density at radius 3 is 2.58 bits per heavy atom. The first-order valence-corrected chi connectivity index (χ1v) is 8.14. The molecule has 3 rings (SSSR count). The van der Waals surface area contributed by atoms with Gasteiger partial charge in [-0.1, -0.05) is 11.6 Å². The molecule has 6 nitrogen and oxygen atoms in total. The van der Waals surface area contributed by atoms with E-state index in [2.05, 4.69) is 10.2 Å².